The van der Waals surface area contributed by atoms with Crippen LogP contribution in [0.4, 0.5) is 0 Å². The average Bonchev–Trinajstić information content (AvgIpc) is 2.84. The van der Waals surface area contributed by atoms with E-state index in [4.69, 9.17) is 0 Å². The molecule has 2 aromatic heterocycles. The van der Waals surface area contributed by atoms with E-state index in [1.165, 1.54) is 11.1 Å². The van der Waals surface area contributed by atoms with Crippen molar-refractivity contribution in [3.8, 4) is 0 Å². The molecule has 4 nitrogen and oxygen atoms in total. The van der Waals surface area contributed by atoms with Gasteiger partial charge in [-0.15, -0.1) is 0 Å². The molecule has 21 heavy (non-hydrogen) atoms. The van der Waals surface area contributed by atoms with Gasteiger partial charge < -0.3 is 5.32 Å². The fourth-order valence-corrected chi connectivity index (χ4v) is 2.37. The first-order chi connectivity index (χ1) is 10.1. The first-order valence-corrected chi connectivity index (χ1v) is 7.23. The van der Waals surface area contributed by atoms with Gasteiger partial charge in [0, 0.05) is 36.6 Å². The Morgan fingerprint density at radius 3 is 2.71 bits per heavy atom. The largest absolute Gasteiger partial charge is 0.306 e. The standard InChI is InChI=1S/C17H20N4/c1-12-4-6-16(7-5-12)14(3)18-9-15-10-19-17-8-13(2)20-21(17)11-15/h4-8,10-11,14,18H,9H2,1-3H3/t14-/m0/s1. The van der Waals surface area contributed by atoms with E-state index in [-0.39, 0.29) is 0 Å². The molecule has 2 heterocycles. The molecule has 0 unspecified atom stereocenters. The minimum atomic E-state index is 0.306. The second kappa shape index (κ2) is 5.66. The molecular formula is C17H20N4. The summed E-state index contributed by atoms with van der Waals surface area (Å²) in [5, 5.41) is 7.92. The summed E-state index contributed by atoms with van der Waals surface area (Å²) in [4.78, 5) is 4.42. The van der Waals surface area contributed by atoms with Gasteiger partial charge in [0.2, 0.25) is 0 Å². The second-order valence-corrected chi connectivity index (χ2v) is 5.56. The van der Waals surface area contributed by atoms with E-state index in [0.29, 0.717) is 6.04 Å². The average molecular weight is 280 g/mol. The quantitative estimate of drug-likeness (QED) is 0.798. The number of nitrogens with one attached hydrogen (secondary N) is 1. The highest BCUT2D eigenvalue weighted by molar-refractivity contribution is 5.38. The Kier molecular flexibility index (Phi) is 3.71. The number of benzene rings is 1. The second-order valence-electron chi connectivity index (χ2n) is 5.56. The molecule has 0 aliphatic rings. The maximum atomic E-state index is 4.42. The molecule has 0 bridgehead atoms. The van der Waals surface area contributed by atoms with Gasteiger partial charge in [-0.3, -0.25) is 0 Å². The van der Waals surface area contributed by atoms with Crippen molar-refractivity contribution in [2.24, 2.45) is 0 Å². The minimum absolute atomic E-state index is 0.306. The highest BCUT2D eigenvalue weighted by Crippen LogP contribution is 2.14. The molecule has 3 aromatic rings. The Hall–Kier alpha value is -2.20. The summed E-state index contributed by atoms with van der Waals surface area (Å²) >= 11 is 0. The van der Waals surface area contributed by atoms with Crippen LogP contribution >= 0.6 is 0 Å². The minimum Gasteiger partial charge on any atom is -0.306 e. The first-order valence-electron chi connectivity index (χ1n) is 7.23. The number of aryl methyl sites for hydroxylation is 2. The maximum Gasteiger partial charge on any atom is 0.155 e. The van der Waals surface area contributed by atoms with Crippen LogP contribution < -0.4 is 5.32 Å². The van der Waals surface area contributed by atoms with E-state index in [9.17, 15) is 0 Å². The normalized spacial score (nSPS) is 12.7. The zero-order valence-corrected chi connectivity index (χ0v) is 12.7. The highest BCUT2D eigenvalue weighted by atomic mass is 15.2. The molecule has 0 aliphatic heterocycles. The lowest BCUT2D eigenvalue weighted by Crippen LogP contribution is -2.18. The fourth-order valence-electron chi connectivity index (χ4n) is 2.37. The summed E-state index contributed by atoms with van der Waals surface area (Å²) in [6, 6.07) is 10.9. The van der Waals surface area contributed by atoms with Crippen molar-refractivity contribution in [2.75, 3.05) is 0 Å². The lowest BCUT2D eigenvalue weighted by Gasteiger charge is -2.14. The van der Waals surface area contributed by atoms with Crippen LogP contribution in [-0.2, 0) is 6.54 Å². The molecule has 0 amide bonds. The molecule has 0 saturated heterocycles. The molecule has 0 fully saturated rings. The molecule has 108 valence electrons. The fraction of sp³-hybridized carbons (Fsp3) is 0.294. The molecule has 4 heteroatoms. The van der Waals surface area contributed by atoms with Crippen LogP contribution in [0, 0.1) is 13.8 Å². The van der Waals surface area contributed by atoms with Crippen LogP contribution in [0.25, 0.3) is 5.65 Å². The summed E-state index contributed by atoms with van der Waals surface area (Å²) in [6.07, 6.45) is 3.94. The van der Waals surface area contributed by atoms with Crippen molar-refractivity contribution in [3.63, 3.8) is 0 Å². The van der Waals surface area contributed by atoms with Crippen LogP contribution in [0.3, 0.4) is 0 Å². The van der Waals surface area contributed by atoms with E-state index in [0.717, 1.165) is 23.4 Å². The van der Waals surface area contributed by atoms with E-state index in [1.807, 2.05) is 29.9 Å². The van der Waals surface area contributed by atoms with Gasteiger partial charge in [-0.25, -0.2) is 9.50 Å². The van der Waals surface area contributed by atoms with Crippen molar-refractivity contribution in [3.05, 3.63) is 65.1 Å². The Morgan fingerprint density at radius 1 is 1.19 bits per heavy atom. The number of nitrogens with zero attached hydrogens (tertiary/aromatic N) is 3. The third kappa shape index (κ3) is 3.11. The molecule has 0 aliphatic carbocycles. The van der Waals surface area contributed by atoms with Gasteiger partial charge in [-0.2, -0.15) is 5.10 Å². The highest BCUT2D eigenvalue weighted by Gasteiger charge is 2.06. The predicted molar refractivity (Wildman–Crippen MR) is 84.2 cm³/mol. The maximum absolute atomic E-state index is 4.42. The van der Waals surface area contributed by atoms with Gasteiger partial charge >= 0.3 is 0 Å². The van der Waals surface area contributed by atoms with Crippen LogP contribution in [0.15, 0.2) is 42.7 Å². The summed E-state index contributed by atoms with van der Waals surface area (Å²) in [5.41, 5.74) is 5.59. The van der Waals surface area contributed by atoms with E-state index < -0.39 is 0 Å². The van der Waals surface area contributed by atoms with Gasteiger partial charge in [0.25, 0.3) is 0 Å². The monoisotopic (exact) mass is 280 g/mol. The van der Waals surface area contributed by atoms with Crippen molar-refractivity contribution >= 4 is 5.65 Å². The van der Waals surface area contributed by atoms with E-state index >= 15 is 0 Å². The Balaban J connectivity index is 1.69. The predicted octanol–water partition coefficient (Wildman–Crippen LogP) is 3.20. The molecule has 1 atom stereocenters. The number of hydrogen-bond donors (Lipinski definition) is 1. The SMILES string of the molecule is Cc1ccc([C@H](C)NCc2cnc3cc(C)nn3c2)cc1. The molecule has 0 radical (unpaired) electrons. The molecule has 3 rings (SSSR count). The summed E-state index contributed by atoms with van der Waals surface area (Å²) in [7, 11) is 0. The van der Waals surface area contributed by atoms with Crippen molar-refractivity contribution in [2.45, 2.75) is 33.4 Å². The van der Waals surface area contributed by atoms with Crippen LogP contribution in [0.1, 0.15) is 35.3 Å². The Bertz CT molecular complexity index is 743. The van der Waals surface area contributed by atoms with Gasteiger partial charge in [0.15, 0.2) is 5.65 Å². The third-order valence-electron chi connectivity index (χ3n) is 3.68. The molecule has 1 N–H and O–H groups in total. The van der Waals surface area contributed by atoms with Gasteiger partial charge in [0.05, 0.1) is 5.69 Å². The van der Waals surface area contributed by atoms with Crippen LogP contribution in [0.5, 0.6) is 0 Å². The van der Waals surface area contributed by atoms with Crippen molar-refractivity contribution < 1.29 is 0 Å². The molecule has 0 saturated carbocycles. The third-order valence-corrected chi connectivity index (χ3v) is 3.68. The Morgan fingerprint density at radius 2 is 1.95 bits per heavy atom. The molecule has 0 spiro atoms. The van der Waals surface area contributed by atoms with E-state index in [2.05, 4.69) is 53.5 Å². The van der Waals surface area contributed by atoms with Crippen LogP contribution in [-0.4, -0.2) is 14.6 Å². The zero-order valence-electron chi connectivity index (χ0n) is 12.7. The number of rotatable bonds is 4. The van der Waals surface area contributed by atoms with Crippen molar-refractivity contribution in [1.29, 1.82) is 0 Å². The summed E-state index contributed by atoms with van der Waals surface area (Å²) < 4.78 is 1.84. The first kappa shape index (κ1) is 13.8. The van der Waals surface area contributed by atoms with Gasteiger partial charge in [-0.05, 0) is 26.3 Å². The van der Waals surface area contributed by atoms with Gasteiger partial charge in [-0.1, -0.05) is 29.8 Å². The number of aromatic nitrogens is 3. The van der Waals surface area contributed by atoms with E-state index in [1.54, 1.807) is 0 Å². The van der Waals surface area contributed by atoms with Gasteiger partial charge in [0.1, 0.15) is 0 Å². The molecular weight excluding hydrogens is 260 g/mol. The summed E-state index contributed by atoms with van der Waals surface area (Å²) in [6.45, 7) is 7.03. The lowest BCUT2D eigenvalue weighted by atomic mass is 10.1. The van der Waals surface area contributed by atoms with Crippen LogP contribution in [0.2, 0.25) is 0 Å². The Labute approximate surface area is 124 Å². The topological polar surface area (TPSA) is 42.2 Å². The smallest absolute Gasteiger partial charge is 0.155 e. The summed E-state index contributed by atoms with van der Waals surface area (Å²) in [5.74, 6) is 0. The number of hydrogen-bond acceptors (Lipinski definition) is 3. The zero-order chi connectivity index (χ0) is 14.8. The van der Waals surface area contributed by atoms with Crippen molar-refractivity contribution in [1.82, 2.24) is 19.9 Å². The number of fused-ring (bicyclic) bond motifs is 1. The molecule has 1 aromatic carbocycles. The lowest BCUT2D eigenvalue weighted by molar-refractivity contribution is 0.572.